The van der Waals surface area contributed by atoms with Gasteiger partial charge in [0.25, 0.3) is 11.5 Å². The number of rotatable bonds is 7. The third-order valence-corrected chi connectivity index (χ3v) is 5.07. The van der Waals surface area contributed by atoms with Crippen LogP contribution in [0.4, 0.5) is 0 Å². The van der Waals surface area contributed by atoms with E-state index in [9.17, 15) is 14.4 Å². The Morgan fingerprint density at radius 2 is 1.93 bits per heavy atom. The van der Waals surface area contributed by atoms with E-state index in [4.69, 9.17) is 4.42 Å². The number of hydrogen-bond donors (Lipinski definition) is 2. The molecule has 0 bridgehead atoms. The highest BCUT2D eigenvalue weighted by Gasteiger charge is 2.14. The highest BCUT2D eigenvalue weighted by Crippen LogP contribution is 2.14. The molecule has 3 rings (SSSR count). The summed E-state index contributed by atoms with van der Waals surface area (Å²) in [5.41, 5.74) is 4.75. The number of hydrogen-bond acceptors (Lipinski definition) is 6. The molecule has 9 nitrogen and oxygen atoms in total. The minimum absolute atomic E-state index is 0.0897. The third-order valence-electron chi connectivity index (χ3n) is 4.57. The summed E-state index contributed by atoms with van der Waals surface area (Å²) in [6.45, 7) is 6.14. The molecule has 3 aromatic rings. The molecule has 2 aromatic heterocycles. The summed E-state index contributed by atoms with van der Waals surface area (Å²) in [4.78, 5) is 43.2. The molecule has 2 amide bonds. The Kier molecular flexibility index (Phi) is 7.01. The van der Waals surface area contributed by atoms with Crippen molar-refractivity contribution in [2.24, 2.45) is 0 Å². The maximum Gasteiger partial charge on any atom is 0.305 e. The molecule has 0 spiro atoms. The molecule has 158 valence electrons. The number of fused-ring (bicyclic) bond motifs is 1. The second-order valence-corrected chi connectivity index (χ2v) is 7.48. The molecule has 0 fully saturated rings. The Labute approximate surface area is 181 Å². The van der Waals surface area contributed by atoms with Gasteiger partial charge in [-0.15, -0.1) is 0 Å². The summed E-state index contributed by atoms with van der Waals surface area (Å²) >= 11 is 3.31. The fourth-order valence-electron chi connectivity index (χ4n) is 2.88. The molecule has 0 aliphatic heterocycles. The van der Waals surface area contributed by atoms with E-state index in [1.165, 1.54) is 10.9 Å². The molecule has 30 heavy (non-hydrogen) atoms. The first kappa shape index (κ1) is 21.7. The van der Waals surface area contributed by atoms with Crippen molar-refractivity contribution in [3.63, 3.8) is 0 Å². The highest BCUT2D eigenvalue weighted by atomic mass is 79.9. The monoisotopic (exact) mass is 475 g/mol. The number of nitrogens with one attached hydrogen (secondary N) is 2. The maximum atomic E-state index is 12.5. The summed E-state index contributed by atoms with van der Waals surface area (Å²) in [6, 6.07) is 8.42. The topological polar surface area (TPSA) is 109 Å². The number of aromatic nitrogens is 2. The van der Waals surface area contributed by atoms with Crippen molar-refractivity contribution in [3.8, 4) is 0 Å². The first-order valence-electron chi connectivity index (χ1n) is 9.46. The average Bonchev–Trinajstić information content (AvgIpc) is 3.21. The number of carbonyl (C=O) groups is 2. The van der Waals surface area contributed by atoms with Crippen molar-refractivity contribution in [1.82, 2.24) is 25.3 Å². The van der Waals surface area contributed by atoms with Gasteiger partial charge in [-0.1, -0.05) is 29.8 Å². The maximum absolute atomic E-state index is 12.5. The Balaban J connectivity index is 1.59. The van der Waals surface area contributed by atoms with Gasteiger partial charge in [0.1, 0.15) is 12.3 Å². The van der Waals surface area contributed by atoms with Crippen LogP contribution in [0.1, 0.15) is 30.2 Å². The van der Waals surface area contributed by atoms with Gasteiger partial charge in [0.05, 0.1) is 23.8 Å². The van der Waals surface area contributed by atoms with Gasteiger partial charge in [0.15, 0.2) is 5.76 Å². The molecule has 0 aliphatic rings. The van der Waals surface area contributed by atoms with Crippen molar-refractivity contribution < 1.29 is 14.0 Å². The highest BCUT2D eigenvalue weighted by molar-refractivity contribution is 9.10. The van der Waals surface area contributed by atoms with E-state index in [1.54, 1.807) is 30.3 Å². The van der Waals surface area contributed by atoms with Crippen LogP contribution in [0.3, 0.4) is 0 Å². The average molecular weight is 476 g/mol. The first-order valence-corrected chi connectivity index (χ1v) is 10.3. The van der Waals surface area contributed by atoms with Gasteiger partial charge in [-0.05, 0) is 43.4 Å². The lowest BCUT2D eigenvalue weighted by Crippen LogP contribution is -2.44. The van der Waals surface area contributed by atoms with E-state index >= 15 is 0 Å². The van der Waals surface area contributed by atoms with Gasteiger partial charge in [-0.3, -0.25) is 34.7 Å². The van der Waals surface area contributed by atoms with Gasteiger partial charge in [-0.2, -0.15) is 0 Å². The molecule has 0 atom stereocenters. The van der Waals surface area contributed by atoms with E-state index in [1.807, 2.05) is 13.8 Å². The molecule has 0 saturated heterocycles. The quantitative estimate of drug-likeness (QED) is 0.506. The fraction of sp³-hybridized carbons (Fsp3) is 0.300. The number of halogens is 1. The number of carbonyl (C=O) groups excluding carboxylic acids is 2. The Morgan fingerprint density at radius 3 is 2.67 bits per heavy atom. The van der Waals surface area contributed by atoms with Crippen LogP contribution in [-0.4, -0.2) is 39.4 Å². The van der Waals surface area contributed by atoms with Crippen molar-refractivity contribution in [2.45, 2.75) is 26.9 Å². The van der Waals surface area contributed by atoms with Crippen LogP contribution >= 0.6 is 15.9 Å². The fourth-order valence-corrected chi connectivity index (χ4v) is 3.24. The Bertz CT molecular complexity index is 1120. The van der Waals surface area contributed by atoms with Crippen molar-refractivity contribution in [2.75, 3.05) is 13.1 Å². The summed E-state index contributed by atoms with van der Waals surface area (Å²) in [5, 5.41) is 0.389. The number of furan rings is 1. The van der Waals surface area contributed by atoms with Crippen LogP contribution in [0.15, 0.2) is 50.3 Å². The zero-order valence-electron chi connectivity index (χ0n) is 16.6. The van der Waals surface area contributed by atoms with Crippen molar-refractivity contribution in [1.29, 1.82) is 0 Å². The van der Waals surface area contributed by atoms with Crippen LogP contribution < -0.4 is 16.4 Å². The van der Waals surface area contributed by atoms with Gasteiger partial charge >= 0.3 is 5.91 Å². The molecule has 10 heteroatoms. The number of benzene rings is 1. The van der Waals surface area contributed by atoms with Gasteiger partial charge in [-0.25, -0.2) is 4.98 Å². The first-order chi connectivity index (χ1) is 14.4. The van der Waals surface area contributed by atoms with Crippen molar-refractivity contribution >= 4 is 38.6 Å². The summed E-state index contributed by atoms with van der Waals surface area (Å²) < 4.78 is 7.44. The van der Waals surface area contributed by atoms with E-state index < -0.39 is 11.8 Å². The molecule has 0 aliphatic carbocycles. The lowest BCUT2D eigenvalue weighted by atomic mass is 10.2. The smallest absolute Gasteiger partial charge is 0.305 e. The number of hydrazine groups is 1. The van der Waals surface area contributed by atoms with Crippen LogP contribution in [0, 0.1) is 0 Å². The molecule has 0 saturated carbocycles. The molecular weight excluding hydrogens is 454 g/mol. The van der Waals surface area contributed by atoms with Gasteiger partial charge < -0.3 is 4.42 Å². The van der Waals surface area contributed by atoms with Crippen LogP contribution in [0.5, 0.6) is 0 Å². The lowest BCUT2D eigenvalue weighted by Gasteiger charge is -2.15. The zero-order valence-corrected chi connectivity index (χ0v) is 18.2. The predicted octanol–water partition coefficient (Wildman–Crippen LogP) is 2.06. The zero-order chi connectivity index (χ0) is 21.7. The summed E-state index contributed by atoms with van der Waals surface area (Å²) in [7, 11) is 0. The van der Waals surface area contributed by atoms with E-state index in [0.717, 1.165) is 17.6 Å². The second-order valence-electron chi connectivity index (χ2n) is 6.57. The second kappa shape index (κ2) is 9.68. The molecule has 2 N–H and O–H groups in total. The lowest BCUT2D eigenvalue weighted by molar-refractivity contribution is -0.122. The Hall–Kier alpha value is -2.98. The normalized spacial score (nSPS) is 11.1. The standard InChI is InChI=1S/C20H22BrN5O4/c1-3-25(4-2)10-14-6-8-17(30-14)19(28)24-23-18(27)11-26-12-22-16-7-5-13(21)9-15(16)20(26)29/h5-9,12H,3-4,10-11H2,1-2H3,(H,23,27)(H,24,28). The number of nitrogens with zero attached hydrogens (tertiary/aromatic N) is 3. The van der Waals surface area contributed by atoms with E-state index in [0.29, 0.717) is 23.2 Å². The minimum Gasteiger partial charge on any atom is -0.454 e. The minimum atomic E-state index is -0.581. The van der Waals surface area contributed by atoms with Crippen LogP contribution in [0.2, 0.25) is 0 Å². The van der Waals surface area contributed by atoms with E-state index in [2.05, 4.69) is 36.7 Å². The summed E-state index contributed by atoms with van der Waals surface area (Å²) in [6.07, 6.45) is 1.30. The molecule has 0 unspecified atom stereocenters. The van der Waals surface area contributed by atoms with Crippen molar-refractivity contribution in [3.05, 3.63) is 63.0 Å². The molecule has 2 heterocycles. The SMILES string of the molecule is CCN(CC)Cc1ccc(C(=O)NNC(=O)Cn2cnc3ccc(Br)cc3c2=O)o1. The van der Waals surface area contributed by atoms with Crippen LogP contribution in [-0.2, 0) is 17.9 Å². The summed E-state index contributed by atoms with van der Waals surface area (Å²) in [5.74, 6) is -0.402. The predicted molar refractivity (Wildman–Crippen MR) is 115 cm³/mol. The molecular formula is C20H22BrN5O4. The third kappa shape index (κ3) is 5.14. The van der Waals surface area contributed by atoms with Gasteiger partial charge in [0.2, 0.25) is 0 Å². The molecule has 1 aromatic carbocycles. The largest absolute Gasteiger partial charge is 0.454 e. The Morgan fingerprint density at radius 1 is 1.17 bits per heavy atom. The number of amides is 2. The van der Waals surface area contributed by atoms with E-state index in [-0.39, 0.29) is 17.9 Å². The van der Waals surface area contributed by atoms with Gasteiger partial charge in [0, 0.05) is 4.47 Å². The van der Waals surface area contributed by atoms with Crippen LogP contribution in [0.25, 0.3) is 10.9 Å². The molecule has 0 radical (unpaired) electrons.